The normalized spacial score (nSPS) is 15.3. The van der Waals surface area contributed by atoms with Gasteiger partial charge in [0.2, 0.25) is 5.91 Å². The Morgan fingerprint density at radius 2 is 2.13 bits per heavy atom. The van der Waals surface area contributed by atoms with E-state index in [1.807, 2.05) is 18.2 Å². The monoisotopic (exact) mass is 377 g/mol. The van der Waals surface area contributed by atoms with Gasteiger partial charge in [-0.05, 0) is 53.4 Å². The Balaban J connectivity index is 1.84. The van der Waals surface area contributed by atoms with E-state index in [2.05, 4.69) is 39.1 Å². The smallest absolute Gasteiger partial charge is 0.223 e. The largest absolute Gasteiger partial charge is 0.371 e. The summed E-state index contributed by atoms with van der Waals surface area (Å²) in [5.74, 6) is 0.338. The number of anilines is 1. The highest BCUT2D eigenvalue weighted by Gasteiger charge is 2.25. The Kier molecular flexibility index (Phi) is 6.91. The molecule has 1 saturated heterocycles. The lowest BCUT2D eigenvalue weighted by atomic mass is 9.95. The zero-order valence-electron chi connectivity index (χ0n) is 13.6. The highest BCUT2D eigenvalue weighted by Crippen LogP contribution is 2.30. The summed E-state index contributed by atoms with van der Waals surface area (Å²) in [6, 6.07) is 7.82. The first-order valence-corrected chi connectivity index (χ1v) is 9.17. The van der Waals surface area contributed by atoms with Gasteiger partial charge in [0.15, 0.2) is 0 Å². The Hall–Kier alpha value is -1.54. The zero-order valence-corrected chi connectivity index (χ0v) is 15.2. The van der Waals surface area contributed by atoms with E-state index in [0.29, 0.717) is 5.56 Å². The number of hydrogen-bond donors (Lipinski definition) is 1. The van der Waals surface area contributed by atoms with Crippen molar-refractivity contribution in [2.24, 2.45) is 5.92 Å². The number of piperidine rings is 1. The van der Waals surface area contributed by atoms with E-state index < -0.39 is 0 Å². The number of hydrogen-bond acceptors (Lipinski definition) is 3. The van der Waals surface area contributed by atoms with E-state index in [9.17, 15) is 4.79 Å². The second-order valence-electron chi connectivity index (χ2n) is 6.04. The molecule has 4 nitrogen and oxygen atoms in total. The van der Waals surface area contributed by atoms with E-state index in [4.69, 9.17) is 5.26 Å². The molecule has 0 saturated carbocycles. The van der Waals surface area contributed by atoms with Crippen LogP contribution in [0.5, 0.6) is 0 Å². The summed E-state index contributed by atoms with van der Waals surface area (Å²) in [7, 11) is 0. The fourth-order valence-corrected chi connectivity index (χ4v) is 3.58. The van der Waals surface area contributed by atoms with E-state index in [0.717, 1.165) is 49.1 Å². The molecule has 1 N–H and O–H groups in total. The Morgan fingerprint density at radius 3 is 2.74 bits per heavy atom. The molecular formula is C18H24BrN3O. The van der Waals surface area contributed by atoms with E-state index in [1.165, 1.54) is 12.8 Å². The number of amides is 1. The van der Waals surface area contributed by atoms with Crippen LogP contribution in [0.4, 0.5) is 5.69 Å². The number of nitriles is 1. The topological polar surface area (TPSA) is 56.1 Å². The number of benzene rings is 1. The lowest BCUT2D eigenvalue weighted by molar-refractivity contribution is -0.125. The maximum absolute atomic E-state index is 12.2. The first kappa shape index (κ1) is 17.8. The van der Waals surface area contributed by atoms with Crippen molar-refractivity contribution >= 4 is 27.5 Å². The minimum absolute atomic E-state index is 0.130. The SMILES string of the molecule is CCCCCNC(=O)C1CCN(c2ccc(C#N)cc2Br)CC1. The van der Waals surface area contributed by atoms with Gasteiger partial charge in [-0.25, -0.2) is 0 Å². The predicted octanol–water partition coefficient (Wildman–Crippen LogP) is 3.84. The first-order chi connectivity index (χ1) is 11.2. The first-order valence-electron chi connectivity index (χ1n) is 8.38. The molecule has 1 heterocycles. The van der Waals surface area contributed by atoms with Gasteiger partial charge >= 0.3 is 0 Å². The molecule has 0 aromatic heterocycles. The maximum Gasteiger partial charge on any atom is 0.223 e. The number of nitrogens with zero attached hydrogens (tertiary/aromatic N) is 2. The number of carbonyl (C=O) groups excluding carboxylic acids is 1. The quantitative estimate of drug-likeness (QED) is 0.766. The average molecular weight is 378 g/mol. The fraction of sp³-hybridized carbons (Fsp3) is 0.556. The third-order valence-electron chi connectivity index (χ3n) is 4.36. The molecule has 1 aliphatic rings. The van der Waals surface area contributed by atoms with Crippen LogP contribution in [-0.4, -0.2) is 25.5 Å². The molecule has 1 fully saturated rings. The molecule has 0 radical (unpaired) electrons. The molecule has 5 heteroatoms. The minimum atomic E-state index is 0.130. The molecule has 0 atom stereocenters. The van der Waals surface area contributed by atoms with Crippen LogP contribution in [-0.2, 0) is 4.79 Å². The van der Waals surface area contributed by atoms with Crippen LogP contribution < -0.4 is 10.2 Å². The molecule has 1 aromatic carbocycles. The van der Waals surface area contributed by atoms with Crippen LogP contribution in [0.2, 0.25) is 0 Å². The number of carbonyl (C=O) groups is 1. The Bertz CT molecular complexity index is 574. The highest BCUT2D eigenvalue weighted by molar-refractivity contribution is 9.10. The molecule has 0 spiro atoms. The zero-order chi connectivity index (χ0) is 16.7. The van der Waals surface area contributed by atoms with Gasteiger partial charge in [-0.3, -0.25) is 4.79 Å². The summed E-state index contributed by atoms with van der Waals surface area (Å²) in [6.45, 7) is 4.71. The van der Waals surface area contributed by atoms with Gasteiger partial charge in [-0.15, -0.1) is 0 Å². The summed E-state index contributed by atoms with van der Waals surface area (Å²) in [5, 5.41) is 12.0. The minimum Gasteiger partial charge on any atom is -0.371 e. The number of halogens is 1. The van der Waals surface area contributed by atoms with Crippen molar-refractivity contribution < 1.29 is 4.79 Å². The van der Waals surface area contributed by atoms with Gasteiger partial charge in [-0.2, -0.15) is 5.26 Å². The molecule has 124 valence electrons. The summed E-state index contributed by atoms with van der Waals surface area (Å²) in [5.41, 5.74) is 1.76. The van der Waals surface area contributed by atoms with Gasteiger partial charge in [-0.1, -0.05) is 19.8 Å². The van der Waals surface area contributed by atoms with Crippen LogP contribution in [0.1, 0.15) is 44.6 Å². The molecule has 0 aliphatic carbocycles. The van der Waals surface area contributed by atoms with Gasteiger partial charge < -0.3 is 10.2 Å². The van der Waals surface area contributed by atoms with Crippen molar-refractivity contribution in [2.45, 2.75) is 39.0 Å². The fourth-order valence-electron chi connectivity index (χ4n) is 2.95. The number of nitrogens with one attached hydrogen (secondary N) is 1. The van der Waals surface area contributed by atoms with Crippen LogP contribution in [0.15, 0.2) is 22.7 Å². The molecule has 0 bridgehead atoms. The molecule has 1 aliphatic heterocycles. The van der Waals surface area contributed by atoms with Crippen molar-refractivity contribution in [2.75, 3.05) is 24.5 Å². The van der Waals surface area contributed by atoms with Crippen LogP contribution in [0, 0.1) is 17.2 Å². The third-order valence-corrected chi connectivity index (χ3v) is 5.00. The second kappa shape index (κ2) is 8.93. The Labute approximate surface area is 147 Å². The van der Waals surface area contributed by atoms with Crippen molar-refractivity contribution in [3.8, 4) is 6.07 Å². The molecule has 23 heavy (non-hydrogen) atoms. The van der Waals surface area contributed by atoms with E-state index in [-0.39, 0.29) is 11.8 Å². The van der Waals surface area contributed by atoms with Crippen molar-refractivity contribution in [3.63, 3.8) is 0 Å². The number of unbranched alkanes of at least 4 members (excludes halogenated alkanes) is 2. The molecule has 2 rings (SSSR count). The molecular weight excluding hydrogens is 354 g/mol. The maximum atomic E-state index is 12.2. The summed E-state index contributed by atoms with van der Waals surface area (Å²) in [6.07, 6.45) is 5.18. The van der Waals surface area contributed by atoms with E-state index >= 15 is 0 Å². The highest BCUT2D eigenvalue weighted by atomic mass is 79.9. The lowest BCUT2D eigenvalue weighted by Gasteiger charge is -2.33. The van der Waals surface area contributed by atoms with Gasteiger partial charge in [0.05, 0.1) is 17.3 Å². The van der Waals surface area contributed by atoms with Crippen LogP contribution in [0.3, 0.4) is 0 Å². The van der Waals surface area contributed by atoms with Crippen molar-refractivity contribution in [3.05, 3.63) is 28.2 Å². The average Bonchev–Trinajstić information content (AvgIpc) is 2.58. The third kappa shape index (κ3) is 4.97. The molecule has 0 unspecified atom stereocenters. The van der Waals surface area contributed by atoms with Gasteiger partial charge in [0.25, 0.3) is 0 Å². The Morgan fingerprint density at radius 1 is 1.39 bits per heavy atom. The lowest BCUT2D eigenvalue weighted by Crippen LogP contribution is -2.40. The van der Waals surface area contributed by atoms with Gasteiger partial charge in [0.1, 0.15) is 0 Å². The van der Waals surface area contributed by atoms with E-state index in [1.54, 1.807) is 0 Å². The summed E-state index contributed by atoms with van der Waals surface area (Å²) < 4.78 is 0.944. The van der Waals surface area contributed by atoms with Crippen molar-refractivity contribution in [1.29, 1.82) is 5.26 Å². The number of rotatable bonds is 6. The predicted molar refractivity (Wildman–Crippen MR) is 96.3 cm³/mol. The molecule has 1 amide bonds. The summed E-state index contributed by atoms with van der Waals surface area (Å²) >= 11 is 3.54. The second-order valence-corrected chi connectivity index (χ2v) is 6.89. The summed E-state index contributed by atoms with van der Waals surface area (Å²) in [4.78, 5) is 14.5. The van der Waals surface area contributed by atoms with Crippen LogP contribution >= 0.6 is 15.9 Å². The van der Waals surface area contributed by atoms with Crippen molar-refractivity contribution in [1.82, 2.24) is 5.32 Å². The van der Waals surface area contributed by atoms with Gasteiger partial charge in [0, 0.05) is 30.0 Å². The standard InChI is InChI=1S/C18H24BrN3O/c1-2-3-4-9-21-18(23)15-7-10-22(11-8-15)17-6-5-14(13-20)12-16(17)19/h5-6,12,15H,2-4,7-11H2,1H3,(H,21,23). The van der Waals surface area contributed by atoms with Crippen LogP contribution in [0.25, 0.3) is 0 Å². The molecule has 1 aromatic rings.